The fraction of sp³-hybridized carbons (Fsp3) is 0.500. The molecule has 1 amide bonds. The zero-order chi connectivity index (χ0) is 16.1. The maximum atomic E-state index is 13.8. The number of amides is 1. The molecule has 1 aromatic rings. The highest BCUT2D eigenvalue weighted by Crippen LogP contribution is 2.23. The zero-order valence-electron chi connectivity index (χ0n) is 11.9. The molecule has 0 radical (unpaired) electrons. The fourth-order valence-electron chi connectivity index (χ4n) is 2.23. The Bertz CT molecular complexity index is 528. The van der Waals surface area contributed by atoms with E-state index in [0.29, 0.717) is 13.2 Å². The van der Waals surface area contributed by atoms with Gasteiger partial charge in [0, 0.05) is 18.7 Å². The molecule has 1 aliphatic heterocycles. The van der Waals surface area contributed by atoms with E-state index in [-0.39, 0.29) is 24.0 Å². The van der Waals surface area contributed by atoms with Gasteiger partial charge in [-0.15, -0.1) is 0 Å². The number of halogens is 3. The van der Waals surface area contributed by atoms with Gasteiger partial charge in [-0.2, -0.15) is 8.78 Å². The minimum absolute atomic E-state index is 0.125. The van der Waals surface area contributed by atoms with Crippen LogP contribution < -0.4 is 15.4 Å². The SMILES string of the molecule is C[C@H]1OCCN[C@@H]1C(=O)NCc1c(F)cccc1OC(F)F. The molecule has 0 spiro atoms. The van der Waals surface area contributed by atoms with Crippen molar-refractivity contribution in [1.29, 1.82) is 0 Å². The maximum Gasteiger partial charge on any atom is 0.387 e. The predicted molar refractivity (Wildman–Crippen MR) is 72.1 cm³/mol. The van der Waals surface area contributed by atoms with Gasteiger partial charge in [0.1, 0.15) is 17.6 Å². The van der Waals surface area contributed by atoms with E-state index in [0.717, 1.165) is 6.07 Å². The van der Waals surface area contributed by atoms with Crippen LogP contribution in [-0.2, 0) is 16.1 Å². The molecule has 8 heteroatoms. The summed E-state index contributed by atoms with van der Waals surface area (Å²) in [5.41, 5.74) is -0.125. The minimum Gasteiger partial charge on any atom is -0.434 e. The summed E-state index contributed by atoms with van der Waals surface area (Å²) in [6.07, 6.45) is -0.328. The lowest BCUT2D eigenvalue weighted by atomic mass is 10.1. The molecule has 22 heavy (non-hydrogen) atoms. The minimum atomic E-state index is -3.07. The van der Waals surface area contributed by atoms with Crippen LogP contribution in [0.15, 0.2) is 18.2 Å². The molecule has 1 fully saturated rings. The van der Waals surface area contributed by atoms with E-state index in [1.165, 1.54) is 12.1 Å². The lowest BCUT2D eigenvalue weighted by Crippen LogP contribution is -2.55. The molecule has 122 valence electrons. The van der Waals surface area contributed by atoms with E-state index in [1.54, 1.807) is 6.92 Å². The van der Waals surface area contributed by atoms with Crippen LogP contribution in [0.4, 0.5) is 13.2 Å². The van der Waals surface area contributed by atoms with Gasteiger partial charge in [-0.05, 0) is 19.1 Å². The van der Waals surface area contributed by atoms with E-state index < -0.39 is 24.4 Å². The highest BCUT2D eigenvalue weighted by molar-refractivity contribution is 5.82. The molecule has 1 saturated heterocycles. The molecule has 0 saturated carbocycles. The van der Waals surface area contributed by atoms with Gasteiger partial charge in [-0.1, -0.05) is 6.07 Å². The van der Waals surface area contributed by atoms with Crippen molar-refractivity contribution in [3.05, 3.63) is 29.6 Å². The molecule has 2 rings (SSSR count). The smallest absolute Gasteiger partial charge is 0.387 e. The topological polar surface area (TPSA) is 59.6 Å². The van der Waals surface area contributed by atoms with Crippen molar-refractivity contribution in [2.45, 2.75) is 32.2 Å². The average Bonchev–Trinajstić information content (AvgIpc) is 2.46. The monoisotopic (exact) mass is 318 g/mol. The molecule has 0 unspecified atom stereocenters. The molecule has 1 aromatic carbocycles. The van der Waals surface area contributed by atoms with E-state index in [9.17, 15) is 18.0 Å². The summed E-state index contributed by atoms with van der Waals surface area (Å²) in [5, 5.41) is 5.49. The molecular weight excluding hydrogens is 301 g/mol. The first kappa shape index (κ1) is 16.6. The zero-order valence-corrected chi connectivity index (χ0v) is 11.9. The molecule has 2 atom stereocenters. The average molecular weight is 318 g/mol. The van der Waals surface area contributed by atoms with Gasteiger partial charge >= 0.3 is 6.61 Å². The summed E-state index contributed by atoms with van der Waals surface area (Å²) in [7, 11) is 0. The largest absolute Gasteiger partial charge is 0.434 e. The molecule has 0 bridgehead atoms. The quantitative estimate of drug-likeness (QED) is 0.862. The first-order valence-electron chi connectivity index (χ1n) is 6.84. The molecule has 0 aromatic heterocycles. The molecule has 1 aliphatic rings. The number of nitrogens with one attached hydrogen (secondary N) is 2. The summed E-state index contributed by atoms with van der Waals surface area (Å²) in [4.78, 5) is 12.1. The van der Waals surface area contributed by atoms with Gasteiger partial charge in [0.2, 0.25) is 5.91 Å². The van der Waals surface area contributed by atoms with Crippen LogP contribution in [0.5, 0.6) is 5.75 Å². The Balaban J connectivity index is 2.03. The van der Waals surface area contributed by atoms with Crippen LogP contribution in [0.2, 0.25) is 0 Å². The van der Waals surface area contributed by atoms with Crippen LogP contribution >= 0.6 is 0 Å². The lowest BCUT2D eigenvalue weighted by molar-refractivity contribution is -0.129. The third-order valence-electron chi connectivity index (χ3n) is 3.33. The summed E-state index contributed by atoms with van der Waals surface area (Å²) in [6, 6.07) is 3.03. The van der Waals surface area contributed by atoms with Crippen LogP contribution in [0.3, 0.4) is 0 Å². The van der Waals surface area contributed by atoms with Crippen molar-refractivity contribution in [2.24, 2.45) is 0 Å². The first-order chi connectivity index (χ1) is 10.5. The summed E-state index contributed by atoms with van der Waals surface area (Å²) in [6.45, 7) is -0.541. The Kier molecular flexibility index (Phi) is 5.62. The highest BCUT2D eigenvalue weighted by atomic mass is 19.3. The number of rotatable bonds is 5. The van der Waals surface area contributed by atoms with Crippen molar-refractivity contribution >= 4 is 5.91 Å². The van der Waals surface area contributed by atoms with Gasteiger partial charge in [-0.25, -0.2) is 4.39 Å². The standard InChI is InChI=1S/C14H17F3N2O3/c1-8-12(18-5-6-21-8)13(20)19-7-9-10(15)3-2-4-11(9)22-14(16)17/h2-4,8,12,14,18H,5-7H2,1H3,(H,19,20)/t8-,12+/m1/s1. The second-order valence-corrected chi connectivity index (χ2v) is 4.82. The lowest BCUT2D eigenvalue weighted by Gasteiger charge is -2.29. The summed E-state index contributed by atoms with van der Waals surface area (Å²) in [5.74, 6) is -1.41. The van der Waals surface area contributed by atoms with Gasteiger partial charge in [-0.3, -0.25) is 4.79 Å². The molecule has 0 aliphatic carbocycles. The first-order valence-corrected chi connectivity index (χ1v) is 6.84. The van der Waals surface area contributed by atoms with E-state index >= 15 is 0 Å². The molecule has 5 nitrogen and oxygen atoms in total. The van der Waals surface area contributed by atoms with E-state index in [2.05, 4.69) is 15.4 Å². The number of morpholine rings is 1. The number of alkyl halides is 2. The van der Waals surface area contributed by atoms with E-state index in [4.69, 9.17) is 4.74 Å². The van der Waals surface area contributed by atoms with Crippen molar-refractivity contribution in [1.82, 2.24) is 10.6 Å². The Labute approximate surface area is 125 Å². The van der Waals surface area contributed by atoms with Crippen molar-refractivity contribution < 1.29 is 27.4 Å². The van der Waals surface area contributed by atoms with Crippen LogP contribution in [0.25, 0.3) is 0 Å². The Morgan fingerprint density at radius 1 is 1.55 bits per heavy atom. The second-order valence-electron chi connectivity index (χ2n) is 4.82. The van der Waals surface area contributed by atoms with Crippen molar-refractivity contribution in [2.75, 3.05) is 13.2 Å². The van der Waals surface area contributed by atoms with E-state index in [1.807, 2.05) is 0 Å². The molecular formula is C14H17F3N2O3. The number of carbonyl (C=O) groups excluding carboxylic acids is 1. The molecule has 2 N–H and O–H groups in total. The van der Waals surface area contributed by atoms with Gasteiger partial charge in [0.05, 0.1) is 12.7 Å². The number of benzene rings is 1. The van der Waals surface area contributed by atoms with Crippen LogP contribution in [0, 0.1) is 5.82 Å². The predicted octanol–water partition coefficient (Wildman–Crippen LogP) is 1.42. The maximum absolute atomic E-state index is 13.8. The number of hydrogen-bond acceptors (Lipinski definition) is 4. The Morgan fingerprint density at radius 3 is 3.00 bits per heavy atom. The van der Waals surface area contributed by atoms with Crippen molar-refractivity contribution in [3.8, 4) is 5.75 Å². The summed E-state index contributed by atoms with van der Waals surface area (Å²) >= 11 is 0. The Morgan fingerprint density at radius 2 is 2.32 bits per heavy atom. The number of ether oxygens (including phenoxy) is 2. The number of carbonyl (C=O) groups is 1. The van der Waals surface area contributed by atoms with Gasteiger partial charge < -0.3 is 20.1 Å². The fourth-order valence-corrected chi connectivity index (χ4v) is 2.23. The molecule has 1 heterocycles. The highest BCUT2D eigenvalue weighted by Gasteiger charge is 2.28. The third-order valence-corrected chi connectivity index (χ3v) is 3.33. The Hall–Kier alpha value is -1.80. The third kappa shape index (κ3) is 4.11. The van der Waals surface area contributed by atoms with Crippen LogP contribution in [0.1, 0.15) is 12.5 Å². The van der Waals surface area contributed by atoms with Gasteiger partial charge in [0.15, 0.2) is 0 Å². The van der Waals surface area contributed by atoms with Crippen molar-refractivity contribution in [3.63, 3.8) is 0 Å². The number of hydrogen-bond donors (Lipinski definition) is 2. The van der Waals surface area contributed by atoms with Crippen LogP contribution in [-0.4, -0.2) is 37.8 Å². The second kappa shape index (κ2) is 7.46. The summed E-state index contributed by atoms with van der Waals surface area (Å²) < 4.78 is 48.0. The van der Waals surface area contributed by atoms with Gasteiger partial charge in [0.25, 0.3) is 0 Å². The normalized spacial score (nSPS) is 21.7.